The summed E-state index contributed by atoms with van der Waals surface area (Å²) in [7, 11) is 1.34. The zero-order valence-corrected chi connectivity index (χ0v) is 8.00. The minimum atomic E-state index is -0.440. The molecule has 0 aromatic carbocycles. The van der Waals surface area contributed by atoms with Crippen LogP contribution in [0.15, 0.2) is 11.6 Å². The second kappa shape index (κ2) is 4.93. The Labute approximate surface area is 73.0 Å². The van der Waals surface area contributed by atoms with Crippen molar-refractivity contribution >= 4 is 5.97 Å². The fraction of sp³-hybridized carbons (Fsp3) is 0.667. The molecule has 0 aliphatic heterocycles. The third-order valence-electron chi connectivity index (χ3n) is 1.78. The van der Waals surface area contributed by atoms with Gasteiger partial charge in [-0.25, -0.2) is 4.79 Å². The summed E-state index contributed by atoms with van der Waals surface area (Å²) in [6.07, 6.45) is 1.26. The molecule has 3 nitrogen and oxygen atoms in total. The van der Waals surface area contributed by atoms with E-state index in [9.17, 15) is 4.79 Å². The topological polar surface area (TPSA) is 46.5 Å². The van der Waals surface area contributed by atoms with Crippen molar-refractivity contribution in [2.24, 2.45) is 5.92 Å². The zero-order valence-electron chi connectivity index (χ0n) is 8.00. The van der Waals surface area contributed by atoms with E-state index in [0.717, 1.165) is 0 Å². The van der Waals surface area contributed by atoms with E-state index in [-0.39, 0.29) is 11.9 Å². The summed E-state index contributed by atoms with van der Waals surface area (Å²) in [5.74, 6) is -0.369. The van der Waals surface area contributed by atoms with Crippen LogP contribution < -0.4 is 0 Å². The van der Waals surface area contributed by atoms with Crippen LogP contribution in [-0.4, -0.2) is 24.3 Å². The monoisotopic (exact) mass is 172 g/mol. The van der Waals surface area contributed by atoms with Crippen LogP contribution in [0, 0.1) is 5.92 Å². The molecule has 0 fully saturated rings. The average Bonchev–Trinajstić information content (AvgIpc) is 2.02. The lowest BCUT2D eigenvalue weighted by Crippen LogP contribution is -2.12. The van der Waals surface area contributed by atoms with E-state index in [1.807, 2.05) is 6.92 Å². The van der Waals surface area contributed by atoms with Crippen molar-refractivity contribution in [3.05, 3.63) is 11.6 Å². The van der Waals surface area contributed by atoms with E-state index >= 15 is 0 Å². The van der Waals surface area contributed by atoms with Gasteiger partial charge in [-0.2, -0.15) is 0 Å². The van der Waals surface area contributed by atoms with Crippen LogP contribution in [0.2, 0.25) is 0 Å². The van der Waals surface area contributed by atoms with Gasteiger partial charge >= 0.3 is 5.97 Å². The zero-order chi connectivity index (χ0) is 9.72. The molecule has 0 radical (unpaired) electrons. The lowest BCUT2D eigenvalue weighted by atomic mass is 10.0. The van der Waals surface area contributed by atoms with Gasteiger partial charge < -0.3 is 9.84 Å². The van der Waals surface area contributed by atoms with Crippen molar-refractivity contribution in [3.8, 4) is 0 Å². The summed E-state index contributed by atoms with van der Waals surface area (Å²) in [5.41, 5.74) is 0.533. The smallest absolute Gasteiger partial charge is 0.333 e. The molecule has 3 heteroatoms. The van der Waals surface area contributed by atoms with Gasteiger partial charge in [0.1, 0.15) is 0 Å². The van der Waals surface area contributed by atoms with E-state index < -0.39 is 6.10 Å². The molecule has 2 atom stereocenters. The number of aliphatic hydroxyl groups excluding tert-OH is 1. The van der Waals surface area contributed by atoms with Gasteiger partial charge in [-0.3, -0.25) is 0 Å². The number of hydrogen-bond donors (Lipinski definition) is 1. The van der Waals surface area contributed by atoms with Gasteiger partial charge in [0.15, 0.2) is 0 Å². The average molecular weight is 172 g/mol. The molecule has 1 N–H and O–H groups in total. The Morgan fingerprint density at radius 1 is 1.50 bits per heavy atom. The number of aliphatic hydroxyl groups is 1. The molecule has 0 saturated heterocycles. The number of carbonyl (C=O) groups is 1. The molecule has 0 rings (SSSR count). The van der Waals surface area contributed by atoms with Crippen molar-refractivity contribution in [2.75, 3.05) is 7.11 Å². The molecule has 0 spiro atoms. The molecule has 0 aliphatic carbocycles. The van der Waals surface area contributed by atoms with Crippen LogP contribution in [0.3, 0.4) is 0 Å². The van der Waals surface area contributed by atoms with Crippen molar-refractivity contribution in [1.29, 1.82) is 0 Å². The third kappa shape index (κ3) is 3.53. The maximum Gasteiger partial charge on any atom is 0.333 e. The largest absolute Gasteiger partial charge is 0.466 e. The standard InChI is InChI=1S/C9H16O3/c1-6(8(3)10)5-7(2)9(11)12-4/h5-6,8,10H,1-4H3/b7-5+/t6-,8+/m0/s1. The van der Waals surface area contributed by atoms with Gasteiger partial charge in [-0.15, -0.1) is 0 Å². The second-order valence-corrected chi connectivity index (χ2v) is 2.94. The Morgan fingerprint density at radius 2 is 2.00 bits per heavy atom. The van der Waals surface area contributed by atoms with Crippen LogP contribution in [0.4, 0.5) is 0 Å². The third-order valence-corrected chi connectivity index (χ3v) is 1.78. The highest BCUT2D eigenvalue weighted by molar-refractivity contribution is 5.87. The number of esters is 1. The van der Waals surface area contributed by atoms with Gasteiger partial charge in [0.05, 0.1) is 13.2 Å². The Morgan fingerprint density at radius 3 is 2.33 bits per heavy atom. The van der Waals surface area contributed by atoms with Crippen molar-refractivity contribution < 1.29 is 14.6 Å². The Bertz CT molecular complexity index is 182. The lowest BCUT2D eigenvalue weighted by Gasteiger charge is -2.10. The van der Waals surface area contributed by atoms with E-state index in [1.54, 1.807) is 19.9 Å². The summed E-state index contributed by atoms with van der Waals surface area (Å²) < 4.78 is 4.50. The Kier molecular flexibility index (Phi) is 4.59. The van der Waals surface area contributed by atoms with Crippen LogP contribution in [0.25, 0.3) is 0 Å². The molecule has 0 aromatic rings. The van der Waals surface area contributed by atoms with Gasteiger partial charge in [0, 0.05) is 11.5 Å². The first-order chi connectivity index (χ1) is 5.49. The maximum atomic E-state index is 10.9. The molecule has 0 unspecified atom stereocenters. The second-order valence-electron chi connectivity index (χ2n) is 2.94. The quantitative estimate of drug-likeness (QED) is 0.512. The minimum absolute atomic E-state index is 0.0240. The molecule has 70 valence electrons. The van der Waals surface area contributed by atoms with Crippen LogP contribution in [0.5, 0.6) is 0 Å². The molecule has 0 aliphatic rings. The van der Waals surface area contributed by atoms with Crippen LogP contribution in [0.1, 0.15) is 20.8 Å². The summed E-state index contributed by atoms with van der Waals surface area (Å²) in [6.45, 7) is 5.20. The fourth-order valence-corrected chi connectivity index (χ4v) is 0.763. The first-order valence-electron chi connectivity index (χ1n) is 3.93. The molecule has 0 bridgehead atoms. The van der Waals surface area contributed by atoms with Gasteiger partial charge in [-0.05, 0) is 13.8 Å². The van der Waals surface area contributed by atoms with Crippen molar-refractivity contribution in [1.82, 2.24) is 0 Å². The number of rotatable bonds is 3. The van der Waals surface area contributed by atoms with Gasteiger partial charge in [0.25, 0.3) is 0 Å². The molecule has 0 amide bonds. The highest BCUT2D eigenvalue weighted by Gasteiger charge is 2.09. The van der Waals surface area contributed by atoms with Crippen LogP contribution >= 0.6 is 0 Å². The highest BCUT2D eigenvalue weighted by Crippen LogP contribution is 2.08. The highest BCUT2D eigenvalue weighted by atomic mass is 16.5. The van der Waals surface area contributed by atoms with E-state index in [4.69, 9.17) is 5.11 Å². The lowest BCUT2D eigenvalue weighted by molar-refractivity contribution is -0.136. The van der Waals surface area contributed by atoms with Gasteiger partial charge in [0.2, 0.25) is 0 Å². The molecule has 0 aromatic heterocycles. The van der Waals surface area contributed by atoms with Crippen LogP contribution in [-0.2, 0) is 9.53 Å². The SMILES string of the molecule is COC(=O)/C(C)=C/[C@H](C)[C@@H](C)O. The predicted molar refractivity (Wildman–Crippen MR) is 46.6 cm³/mol. The number of hydrogen-bond acceptors (Lipinski definition) is 3. The minimum Gasteiger partial charge on any atom is -0.466 e. The Hall–Kier alpha value is -0.830. The summed E-state index contributed by atoms with van der Waals surface area (Å²) >= 11 is 0. The first kappa shape index (κ1) is 11.2. The first-order valence-corrected chi connectivity index (χ1v) is 3.93. The molecule has 0 heterocycles. The van der Waals surface area contributed by atoms with Crippen molar-refractivity contribution in [2.45, 2.75) is 26.9 Å². The predicted octanol–water partition coefficient (Wildman–Crippen LogP) is 1.12. The summed E-state index contributed by atoms with van der Waals surface area (Å²) in [6, 6.07) is 0. The van der Waals surface area contributed by atoms with E-state index in [0.29, 0.717) is 5.57 Å². The molecular weight excluding hydrogens is 156 g/mol. The van der Waals surface area contributed by atoms with E-state index in [2.05, 4.69) is 4.74 Å². The Balaban J connectivity index is 4.25. The number of ether oxygens (including phenoxy) is 1. The number of methoxy groups -OCH3 is 1. The summed E-state index contributed by atoms with van der Waals surface area (Å²) in [5, 5.41) is 9.13. The summed E-state index contributed by atoms with van der Waals surface area (Å²) in [4.78, 5) is 10.9. The fourth-order valence-electron chi connectivity index (χ4n) is 0.763. The number of carbonyl (C=O) groups excluding carboxylic acids is 1. The normalized spacial score (nSPS) is 16.9. The maximum absolute atomic E-state index is 10.9. The van der Waals surface area contributed by atoms with Gasteiger partial charge in [-0.1, -0.05) is 13.0 Å². The molecule has 0 saturated carbocycles. The molecular formula is C9H16O3. The van der Waals surface area contributed by atoms with E-state index in [1.165, 1.54) is 7.11 Å². The molecule has 12 heavy (non-hydrogen) atoms. The van der Waals surface area contributed by atoms with Crippen molar-refractivity contribution in [3.63, 3.8) is 0 Å².